The molecular weight excluding hydrogens is 162 g/mol. The van der Waals surface area contributed by atoms with Crippen LogP contribution < -0.4 is 0 Å². The minimum Gasteiger partial charge on any atom is -0.352 e. The van der Waals surface area contributed by atoms with Crippen LogP contribution in [0.3, 0.4) is 0 Å². The maximum atomic E-state index is 5.06. The molecule has 0 aliphatic rings. The molecule has 0 bridgehead atoms. The Morgan fingerprint density at radius 2 is 2.30 bits per heavy atom. The van der Waals surface area contributed by atoms with E-state index < -0.39 is 0 Å². The quantitative estimate of drug-likeness (QED) is 0.596. The lowest BCUT2D eigenvalue weighted by molar-refractivity contribution is 1.34. The van der Waals surface area contributed by atoms with Crippen molar-refractivity contribution in [1.29, 1.82) is 0 Å². The Labute approximate surface area is 67.3 Å². The molecule has 0 spiro atoms. The molecule has 0 amide bonds. The molecule has 0 saturated heterocycles. The van der Waals surface area contributed by atoms with Crippen molar-refractivity contribution < 1.29 is 0 Å². The van der Waals surface area contributed by atoms with Crippen LogP contribution in [0.4, 0.5) is 0 Å². The van der Waals surface area contributed by atoms with Gasteiger partial charge in [0.2, 0.25) is 0 Å². The number of hydrogen-bond donors (Lipinski definition) is 1. The Morgan fingerprint density at radius 1 is 1.40 bits per heavy atom. The predicted octanol–water partition coefficient (Wildman–Crippen LogP) is 2.96. The van der Waals surface area contributed by atoms with Gasteiger partial charge in [-0.2, -0.15) is 0 Å². The van der Waals surface area contributed by atoms with Crippen LogP contribution in [-0.4, -0.2) is 4.98 Å². The molecule has 2 aromatic rings. The van der Waals surface area contributed by atoms with Crippen LogP contribution in [0.5, 0.6) is 0 Å². The fourth-order valence-corrected chi connectivity index (χ4v) is 2.03. The second-order valence-electron chi connectivity index (χ2n) is 2.01. The third kappa shape index (κ3) is 0.786. The van der Waals surface area contributed by atoms with Crippen molar-refractivity contribution in [2.45, 2.75) is 0 Å². The molecule has 1 nitrogen and oxygen atoms in total. The first-order chi connectivity index (χ1) is 4.88. The SMILES string of the molecule is S=c1[nH]ccc2ccsc12. The van der Waals surface area contributed by atoms with Gasteiger partial charge in [0, 0.05) is 6.20 Å². The van der Waals surface area contributed by atoms with Gasteiger partial charge in [-0.05, 0) is 22.9 Å². The van der Waals surface area contributed by atoms with Crippen molar-refractivity contribution in [2.75, 3.05) is 0 Å². The average molecular weight is 167 g/mol. The summed E-state index contributed by atoms with van der Waals surface area (Å²) in [7, 11) is 0. The van der Waals surface area contributed by atoms with Crippen LogP contribution in [0, 0.1) is 4.64 Å². The van der Waals surface area contributed by atoms with Gasteiger partial charge in [0.05, 0.1) is 4.70 Å². The Balaban J connectivity index is 3.09. The molecule has 10 heavy (non-hydrogen) atoms. The normalized spacial score (nSPS) is 10.4. The summed E-state index contributed by atoms with van der Waals surface area (Å²) in [5.41, 5.74) is 0. The minimum absolute atomic E-state index is 0.840. The molecule has 0 aliphatic heterocycles. The molecule has 1 N–H and O–H groups in total. The number of thiophene rings is 1. The van der Waals surface area contributed by atoms with Gasteiger partial charge < -0.3 is 4.98 Å². The van der Waals surface area contributed by atoms with Crippen LogP contribution >= 0.6 is 23.6 Å². The van der Waals surface area contributed by atoms with Gasteiger partial charge in [-0.1, -0.05) is 12.2 Å². The summed E-state index contributed by atoms with van der Waals surface area (Å²) in [6, 6.07) is 4.10. The van der Waals surface area contributed by atoms with Crippen molar-refractivity contribution in [3.05, 3.63) is 28.4 Å². The van der Waals surface area contributed by atoms with Gasteiger partial charge in [-0.15, -0.1) is 11.3 Å². The van der Waals surface area contributed by atoms with E-state index in [4.69, 9.17) is 12.2 Å². The highest BCUT2D eigenvalue weighted by molar-refractivity contribution is 7.71. The van der Waals surface area contributed by atoms with E-state index in [1.165, 1.54) is 10.1 Å². The molecule has 2 heterocycles. The molecule has 2 aromatic heterocycles. The zero-order valence-electron chi connectivity index (χ0n) is 5.13. The van der Waals surface area contributed by atoms with E-state index in [0.29, 0.717) is 0 Å². The van der Waals surface area contributed by atoms with Gasteiger partial charge >= 0.3 is 0 Å². The van der Waals surface area contributed by atoms with Gasteiger partial charge in [-0.3, -0.25) is 0 Å². The van der Waals surface area contributed by atoms with Crippen molar-refractivity contribution in [3.8, 4) is 0 Å². The first-order valence-electron chi connectivity index (χ1n) is 2.93. The van der Waals surface area contributed by atoms with Crippen LogP contribution in [0.2, 0.25) is 0 Å². The molecule has 2 rings (SSSR count). The number of aromatic amines is 1. The summed E-state index contributed by atoms with van der Waals surface area (Å²) in [5, 5.41) is 3.28. The summed E-state index contributed by atoms with van der Waals surface area (Å²) in [5.74, 6) is 0. The number of rotatable bonds is 0. The highest BCUT2D eigenvalue weighted by atomic mass is 32.1. The van der Waals surface area contributed by atoms with E-state index in [0.717, 1.165) is 4.64 Å². The van der Waals surface area contributed by atoms with Crippen LogP contribution in [-0.2, 0) is 0 Å². The van der Waals surface area contributed by atoms with Crippen molar-refractivity contribution in [2.24, 2.45) is 0 Å². The first kappa shape index (κ1) is 6.07. The van der Waals surface area contributed by atoms with Crippen LogP contribution in [0.1, 0.15) is 0 Å². The molecule has 0 unspecified atom stereocenters. The number of nitrogens with one attached hydrogen (secondary N) is 1. The fourth-order valence-electron chi connectivity index (χ4n) is 0.908. The standard InChI is InChI=1S/C7H5NS2/c9-7-6-5(1-3-8-7)2-4-10-6/h1-4H,(H,8,9). The lowest BCUT2D eigenvalue weighted by Gasteiger charge is -1.85. The maximum Gasteiger partial charge on any atom is 0.121 e. The van der Waals surface area contributed by atoms with E-state index in [2.05, 4.69) is 11.1 Å². The highest BCUT2D eigenvalue weighted by Crippen LogP contribution is 2.19. The lowest BCUT2D eigenvalue weighted by atomic mass is 10.3. The second-order valence-corrected chi connectivity index (χ2v) is 3.34. The molecule has 0 saturated carbocycles. The van der Waals surface area contributed by atoms with Gasteiger partial charge in [0.25, 0.3) is 0 Å². The molecule has 0 aliphatic carbocycles. The largest absolute Gasteiger partial charge is 0.352 e. The zero-order chi connectivity index (χ0) is 6.97. The van der Waals surface area contributed by atoms with E-state index in [1.54, 1.807) is 11.3 Å². The fraction of sp³-hybridized carbons (Fsp3) is 0. The summed E-state index contributed by atoms with van der Waals surface area (Å²) < 4.78 is 2.02. The third-order valence-electron chi connectivity index (χ3n) is 1.38. The Bertz CT molecular complexity index is 399. The van der Waals surface area contributed by atoms with E-state index in [9.17, 15) is 0 Å². The number of hydrogen-bond acceptors (Lipinski definition) is 2. The molecule has 50 valence electrons. The predicted molar refractivity (Wildman–Crippen MR) is 47.0 cm³/mol. The molecule has 0 atom stereocenters. The smallest absolute Gasteiger partial charge is 0.121 e. The highest BCUT2D eigenvalue weighted by Gasteiger charge is 1.92. The summed E-state index contributed by atoms with van der Waals surface area (Å²) in [6.45, 7) is 0. The summed E-state index contributed by atoms with van der Waals surface area (Å²) >= 11 is 6.74. The number of pyridine rings is 1. The topological polar surface area (TPSA) is 15.8 Å². The van der Waals surface area contributed by atoms with Crippen LogP contribution in [0.15, 0.2) is 23.7 Å². The first-order valence-corrected chi connectivity index (χ1v) is 4.21. The van der Waals surface area contributed by atoms with Gasteiger partial charge in [0.15, 0.2) is 0 Å². The number of aromatic nitrogens is 1. The Kier molecular flexibility index (Phi) is 1.32. The molecule has 0 radical (unpaired) electrons. The third-order valence-corrected chi connectivity index (χ3v) is 2.78. The van der Waals surface area contributed by atoms with E-state index in [1.807, 2.05) is 17.6 Å². The molecule has 3 heteroatoms. The molecule has 0 fully saturated rings. The number of fused-ring (bicyclic) bond motifs is 1. The minimum atomic E-state index is 0.840. The van der Waals surface area contributed by atoms with Crippen molar-refractivity contribution >= 4 is 33.6 Å². The zero-order valence-corrected chi connectivity index (χ0v) is 6.76. The Hall–Kier alpha value is -0.670. The van der Waals surface area contributed by atoms with E-state index >= 15 is 0 Å². The van der Waals surface area contributed by atoms with Gasteiger partial charge in [-0.25, -0.2) is 0 Å². The Morgan fingerprint density at radius 3 is 3.10 bits per heavy atom. The van der Waals surface area contributed by atoms with Crippen LogP contribution in [0.25, 0.3) is 10.1 Å². The second kappa shape index (κ2) is 2.18. The maximum absolute atomic E-state index is 5.06. The van der Waals surface area contributed by atoms with Gasteiger partial charge in [0.1, 0.15) is 4.64 Å². The van der Waals surface area contributed by atoms with E-state index in [-0.39, 0.29) is 0 Å². The lowest BCUT2D eigenvalue weighted by Crippen LogP contribution is -1.69. The summed E-state index contributed by atoms with van der Waals surface area (Å²) in [6.07, 6.45) is 1.87. The van der Waals surface area contributed by atoms with Crippen molar-refractivity contribution in [3.63, 3.8) is 0 Å². The molecular formula is C7H5NS2. The average Bonchev–Trinajstić information content (AvgIpc) is 2.36. The van der Waals surface area contributed by atoms with Crippen molar-refractivity contribution in [1.82, 2.24) is 4.98 Å². The monoisotopic (exact) mass is 167 g/mol. The molecule has 0 aromatic carbocycles. The number of H-pyrrole nitrogens is 1. The summed E-state index contributed by atoms with van der Waals surface area (Å²) in [4.78, 5) is 2.99.